The van der Waals surface area contributed by atoms with E-state index in [2.05, 4.69) is 46.7 Å². The summed E-state index contributed by atoms with van der Waals surface area (Å²) in [5, 5.41) is 0. The van der Waals surface area contributed by atoms with E-state index in [0.29, 0.717) is 47.6 Å². The number of amides is 1. The first-order chi connectivity index (χ1) is 17.4. The first-order valence-electron chi connectivity index (χ1n) is 12.5. The first-order valence-corrected chi connectivity index (χ1v) is 13.3. The number of fused-ring (bicyclic) bond motifs is 1. The van der Waals surface area contributed by atoms with Crippen molar-refractivity contribution in [2.75, 3.05) is 31.1 Å². The fourth-order valence-corrected chi connectivity index (χ4v) is 5.15. The zero-order valence-corrected chi connectivity index (χ0v) is 23.8. The predicted molar refractivity (Wildman–Crippen MR) is 148 cm³/mol. The molecule has 2 aliphatic heterocycles. The normalized spacial score (nSPS) is 16.0. The standard InChI is InChI=1S/C29H33BrFN3O3/c1-18(2)21-9-7-8-19(3)27(21)34-20(17-35)14-25(22-15-24(31)23(30)16-26(22)34)32-10-12-33(13-11-32)28(36)37-29(4,5)6/h7-9,14-16,18H,10-13H2,1-6H3. The Bertz CT molecular complexity index is 1300. The zero-order chi connectivity index (χ0) is 27.1. The molecule has 1 fully saturated rings. The number of nitrogens with zero attached hydrogens (tertiary/aromatic N) is 3. The number of ether oxygens (including phenoxy) is 1. The molecule has 37 heavy (non-hydrogen) atoms. The van der Waals surface area contributed by atoms with Crippen LogP contribution in [0.3, 0.4) is 0 Å². The van der Waals surface area contributed by atoms with E-state index in [1.165, 1.54) is 6.07 Å². The van der Waals surface area contributed by atoms with Crippen LogP contribution >= 0.6 is 15.9 Å². The molecular formula is C29H33BrFN3O3. The molecule has 2 aromatic rings. The third-order valence-corrected chi connectivity index (χ3v) is 7.17. The lowest BCUT2D eigenvalue weighted by molar-refractivity contribution is 0.0182. The highest BCUT2D eigenvalue weighted by Crippen LogP contribution is 2.46. The van der Waals surface area contributed by atoms with Crippen LogP contribution in [0, 0.1) is 12.7 Å². The molecule has 2 heterocycles. The highest BCUT2D eigenvalue weighted by atomic mass is 79.9. The van der Waals surface area contributed by atoms with Crippen molar-refractivity contribution in [3.8, 4) is 0 Å². The van der Waals surface area contributed by atoms with Gasteiger partial charge in [0.15, 0.2) is 5.94 Å². The SMILES string of the molecule is Cc1cccc(C(C)C)c1N1C(=C=O)C=C(N2CCN(C(=O)OC(C)(C)C)CC2)c2cc(F)c(Br)cc21. The molecule has 0 radical (unpaired) electrons. The first kappa shape index (κ1) is 27.0. The highest BCUT2D eigenvalue weighted by Gasteiger charge is 2.33. The maximum absolute atomic E-state index is 14.9. The molecule has 0 aromatic heterocycles. The number of benzene rings is 2. The smallest absolute Gasteiger partial charge is 0.410 e. The highest BCUT2D eigenvalue weighted by molar-refractivity contribution is 9.10. The molecule has 0 N–H and O–H groups in total. The van der Waals surface area contributed by atoms with E-state index in [1.54, 1.807) is 17.0 Å². The fourth-order valence-electron chi connectivity index (χ4n) is 4.82. The van der Waals surface area contributed by atoms with Gasteiger partial charge in [0, 0.05) is 37.4 Å². The van der Waals surface area contributed by atoms with Crippen molar-refractivity contribution >= 4 is 45.0 Å². The summed E-state index contributed by atoms with van der Waals surface area (Å²) < 4.78 is 20.7. The second-order valence-electron chi connectivity index (χ2n) is 10.8. The summed E-state index contributed by atoms with van der Waals surface area (Å²) in [5.41, 5.74) is 4.90. The van der Waals surface area contributed by atoms with Crippen LogP contribution in [-0.2, 0) is 9.53 Å². The number of para-hydroxylation sites is 1. The Morgan fingerprint density at radius 3 is 2.41 bits per heavy atom. The van der Waals surface area contributed by atoms with Crippen LogP contribution in [0.25, 0.3) is 5.70 Å². The van der Waals surface area contributed by atoms with Gasteiger partial charge in [0.05, 0.1) is 15.8 Å². The number of carbonyl (C=O) groups is 1. The minimum atomic E-state index is -0.568. The van der Waals surface area contributed by atoms with Gasteiger partial charge in [-0.15, -0.1) is 0 Å². The molecule has 0 aliphatic carbocycles. The van der Waals surface area contributed by atoms with Gasteiger partial charge in [0.25, 0.3) is 0 Å². The molecule has 2 aromatic carbocycles. The Morgan fingerprint density at radius 2 is 1.81 bits per heavy atom. The van der Waals surface area contributed by atoms with Gasteiger partial charge in [-0.25, -0.2) is 14.0 Å². The number of anilines is 2. The number of hydrogen-bond acceptors (Lipinski definition) is 5. The van der Waals surface area contributed by atoms with Crippen LogP contribution in [0.4, 0.5) is 20.6 Å². The van der Waals surface area contributed by atoms with Crippen LogP contribution in [0.5, 0.6) is 0 Å². The fraction of sp³-hybridized carbons (Fsp3) is 0.414. The van der Waals surface area contributed by atoms with Gasteiger partial charge in [0.1, 0.15) is 17.1 Å². The van der Waals surface area contributed by atoms with Crippen molar-refractivity contribution in [2.45, 2.75) is 53.1 Å². The van der Waals surface area contributed by atoms with E-state index >= 15 is 0 Å². The lowest BCUT2D eigenvalue weighted by atomic mass is 9.93. The largest absolute Gasteiger partial charge is 0.444 e. The number of halogens is 2. The number of allylic oxidation sites excluding steroid dienone is 1. The lowest BCUT2D eigenvalue weighted by Crippen LogP contribution is -2.49. The molecule has 0 saturated carbocycles. The van der Waals surface area contributed by atoms with Crippen LogP contribution in [0.1, 0.15) is 57.2 Å². The maximum atomic E-state index is 14.9. The third kappa shape index (κ3) is 5.46. The quantitative estimate of drug-likeness (QED) is 0.381. The zero-order valence-electron chi connectivity index (χ0n) is 22.2. The Labute approximate surface area is 226 Å². The van der Waals surface area contributed by atoms with E-state index in [-0.39, 0.29) is 17.8 Å². The number of hydrogen-bond donors (Lipinski definition) is 0. The van der Waals surface area contributed by atoms with Crippen molar-refractivity contribution in [2.24, 2.45) is 0 Å². The van der Waals surface area contributed by atoms with Crippen molar-refractivity contribution in [1.29, 1.82) is 0 Å². The summed E-state index contributed by atoms with van der Waals surface area (Å²) in [6.45, 7) is 13.7. The van der Waals surface area contributed by atoms with Crippen LogP contribution in [-0.4, -0.2) is 53.6 Å². The number of carbonyl (C=O) groups excluding carboxylic acids is 2. The van der Waals surface area contributed by atoms with E-state index < -0.39 is 5.60 Å². The van der Waals surface area contributed by atoms with Gasteiger partial charge >= 0.3 is 6.09 Å². The summed E-state index contributed by atoms with van der Waals surface area (Å²) >= 11 is 3.35. The molecule has 0 unspecified atom stereocenters. The van der Waals surface area contributed by atoms with E-state index in [4.69, 9.17) is 4.74 Å². The second kappa shape index (κ2) is 10.3. The molecule has 0 atom stereocenters. The minimum absolute atomic E-state index is 0.210. The summed E-state index contributed by atoms with van der Waals surface area (Å²) in [4.78, 5) is 30.6. The van der Waals surface area contributed by atoms with Crippen LogP contribution in [0.2, 0.25) is 0 Å². The average molecular weight is 571 g/mol. The van der Waals surface area contributed by atoms with E-state index in [1.807, 2.05) is 44.7 Å². The number of aryl methyl sites for hydroxylation is 1. The molecule has 196 valence electrons. The molecular weight excluding hydrogens is 537 g/mol. The molecule has 4 rings (SSSR count). The summed E-state index contributed by atoms with van der Waals surface area (Å²) in [6, 6.07) is 9.31. The molecule has 0 spiro atoms. The topological polar surface area (TPSA) is 53.1 Å². The van der Waals surface area contributed by atoms with E-state index in [9.17, 15) is 14.0 Å². The molecule has 8 heteroatoms. The Hall–Kier alpha value is -3.09. The average Bonchev–Trinajstić information content (AvgIpc) is 2.83. The summed E-state index contributed by atoms with van der Waals surface area (Å²) in [7, 11) is 0. The van der Waals surface area contributed by atoms with E-state index in [0.717, 1.165) is 22.5 Å². The molecule has 2 aliphatic rings. The van der Waals surface area contributed by atoms with Gasteiger partial charge in [-0.3, -0.25) is 4.90 Å². The van der Waals surface area contributed by atoms with Crippen molar-refractivity contribution in [3.63, 3.8) is 0 Å². The Balaban J connectivity index is 1.75. The molecule has 1 amide bonds. The van der Waals surface area contributed by atoms with Gasteiger partial charge in [-0.05, 0) is 78.9 Å². The summed E-state index contributed by atoms with van der Waals surface area (Å²) in [6.07, 6.45) is 1.43. The summed E-state index contributed by atoms with van der Waals surface area (Å²) in [5.74, 6) is 1.96. The number of piperazine rings is 1. The Morgan fingerprint density at radius 1 is 1.14 bits per heavy atom. The van der Waals surface area contributed by atoms with Crippen molar-refractivity contribution < 1.29 is 18.7 Å². The van der Waals surface area contributed by atoms with Crippen molar-refractivity contribution in [1.82, 2.24) is 9.80 Å². The molecule has 6 nitrogen and oxygen atoms in total. The van der Waals surface area contributed by atoms with Crippen LogP contribution < -0.4 is 4.90 Å². The lowest BCUT2D eigenvalue weighted by Gasteiger charge is -2.41. The van der Waals surface area contributed by atoms with Crippen molar-refractivity contribution in [3.05, 3.63) is 69.1 Å². The van der Waals surface area contributed by atoms with Gasteiger partial charge in [-0.2, -0.15) is 0 Å². The molecule has 0 bridgehead atoms. The van der Waals surface area contributed by atoms with Gasteiger partial charge in [0.2, 0.25) is 0 Å². The second-order valence-corrected chi connectivity index (χ2v) is 11.6. The van der Waals surface area contributed by atoms with Crippen LogP contribution in [0.15, 0.2) is 46.6 Å². The van der Waals surface area contributed by atoms with Gasteiger partial charge < -0.3 is 14.5 Å². The molecule has 1 saturated heterocycles. The van der Waals surface area contributed by atoms with Gasteiger partial charge in [-0.1, -0.05) is 32.0 Å². The minimum Gasteiger partial charge on any atom is -0.444 e. The monoisotopic (exact) mass is 569 g/mol. The maximum Gasteiger partial charge on any atom is 0.410 e. The number of rotatable bonds is 3. The Kier molecular flexibility index (Phi) is 7.54. The third-order valence-electron chi connectivity index (χ3n) is 6.56. The predicted octanol–water partition coefficient (Wildman–Crippen LogP) is 6.78.